The van der Waals surface area contributed by atoms with Gasteiger partial charge >= 0.3 is 0 Å². The van der Waals surface area contributed by atoms with Crippen molar-refractivity contribution >= 4 is 0 Å². The molecule has 0 aromatic heterocycles. The summed E-state index contributed by atoms with van der Waals surface area (Å²) in [6.07, 6.45) is 14.8. The van der Waals surface area contributed by atoms with Crippen LogP contribution in [0.2, 0.25) is 0 Å². The quantitative estimate of drug-likeness (QED) is 0.501. The van der Waals surface area contributed by atoms with Gasteiger partial charge < -0.3 is 0 Å². The van der Waals surface area contributed by atoms with E-state index in [-0.39, 0.29) is 0 Å². The molecule has 14 heavy (non-hydrogen) atoms. The Bertz CT molecular complexity index is 100. The van der Waals surface area contributed by atoms with E-state index in [0.29, 0.717) is 0 Å². The molecule has 0 amide bonds. The maximum absolute atomic E-state index is 2.44. The molecule has 0 nitrogen and oxygen atoms in total. The summed E-state index contributed by atoms with van der Waals surface area (Å²) in [5, 5.41) is 0. The van der Waals surface area contributed by atoms with E-state index in [2.05, 4.69) is 13.8 Å². The second-order valence-corrected chi connectivity index (χ2v) is 5.49. The Labute approximate surface area is 90.5 Å². The first kappa shape index (κ1) is 12.1. The molecule has 0 unspecified atom stereocenters. The average Bonchev–Trinajstić information content (AvgIpc) is 2.14. The van der Waals surface area contributed by atoms with Crippen molar-refractivity contribution in [3.8, 4) is 0 Å². The first-order chi connectivity index (χ1) is 6.79. The standard InChI is InChI=1S/C14H28/c1-13-9-5-3-7-11-14(2)12-8-4-6-10-13/h13-14H,3-12H2,1-2H3. The summed E-state index contributed by atoms with van der Waals surface area (Å²) in [7, 11) is 0. The van der Waals surface area contributed by atoms with Crippen LogP contribution >= 0.6 is 0 Å². The van der Waals surface area contributed by atoms with Crippen molar-refractivity contribution in [3.05, 3.63) is 0 Å². The van der Waals surface area contributed by atoms with Crippen LogP contribution in [0.4, 0.5) is 0 Å². The Kier molecular flexibility index (Phi) is 6.31. The van der Waals surface area contributed by atoms with Crippen LogP contribution in [0.15, 0.2) is 0 Å². The minimum Gasteiger partial charge on any atom is -0.0625 e. The first-order valence-electron chi connectivity index (χ1n) is 6.79. The summed E-state index contributed by atoms with van der Waals surface area (Å²) in [6.45, 7) is 4.88. The summed E-state index contributed by atoms with van der Waals surface area (Å²) in [6, 6.07) is 0. The maximum Gasteiger partial charge on any atom is -0.0443 e. The van der Waals surface area contributed by atoms with Crippen molar-refractivity contribution in [2.75, 3.05) is 0 Å². The van der Waals surface area contributed by atoms with E-state index in [1.807, 2.05) is 0 Å². The second-order valence-electron chi connectivity index (χ2n) is 5.49. The van der Waals surface area contributed by atoms with Crippen LogP contribution in [0.1, 0.15) is 78.1 Å². The molecule has 0 heterocycles. The Hall–Kier alpha value is 0. The predicted octanol–water partition coefficient (Wildman–Crippen LogP) is 5.17. The average molecular weight is 196 g/mol. The van der Waals surface area contributed by atoms with E-state index in [9.17, 15) is 0 Å². The van der Waals surface area contributed by atoms with E-state index in [4.69, 9.17) is 0 Å². The van der Waals surface area contributed by atoms with E-state index >= 15 is 0 Å². The van der Waals surface area contributed by atoms with Gasteiger partial charge in [0, 0.05) is 0 Å². The van der Waals surface area contributed by atoms with E-state index in [1.54, 1.807) is 0 Å². The molecule has 0 aliphatic heterocycles. The molecule has 84 valence electrons. The molecule has 1 aliphatic carbocycles. The molecule has 0 saturated heterocycles. The normalized spacial score (nSPS) is 33.0. The van der Waals surface area contributed by atoms with Gasteiger partial charge in [0.25, 0.3) is 0 Å². The van der Waals surface area contributed by atoms with E-state index in [0.717, 1.165) is 11.8 Å². The Morgan fingerprint density at radius 2 is 0.786 bits per heavy atom. The van der Waals surface area contributed by atoms with Crippen molar-refractivity contribution in [2.24, 2.45) is 11.8 Å². The lowest BCUT2D eigenvalue weighted by Gasteiger charge is -2.15. The maximum atomic E-state index is 2.44. The molecule has 0 aromatic rings. The lowest BCUT2D eigenvalue weighted by molar-refractivity contribution is 0.385. The van der Waals surface area contributed by atoms with Crippen LogP contribution < -0.4 is 0 Å². The molecule has 0 aromatic carbocycles. The molecule has 0 atom stereocenters. The fraction of sp³-hybridized carbons (Fsp3) is 1.00. The SMILES string of the molecule is CC1CCCCCC(C)CCCCC1. The van der Waals surface area contributed by atoms with Crippen LogP contribution in [0.5, 0.6) is 0 Å². The zero-order chi connectivity index (χ0) is 10.2. The van der Waals surface area contributed by atoms with Crippen LogP contribution in [0, 0.1) is 11.8 Å². The van der Waals surface area contributed by atoms with Gasteiger partial charge in [-0.1, -0.05) is 78.1 Å². The Morgan fingerprint density at radius 1 is 0.500 bits per heavy atom. The molecule has 1 aliphatic rings. The van der Waals surface area contributed by atoms with Gasteiger partial charge in [0.2, 0.25) is 0 Å². The minimum atomic E-state index is 0.992. The third-order valence-corrected chi connectivity index (χ3v) is 3.79. The minimum absolute atomic E-state index is 0.992. The lowest BCUT2D eigenvalue weighted by atomic mass is 9.91. The number of rotatable bonds is 0. The van der Waals surface area contributed by atoms with Crippen LogP contribution in [-0.4, -0.2) is 0 Å². The topological polar surface area (TPSA) is 0 Å². The van der Waals surface area contributed by atoms with Crippen LogP contribution in [0.25, 0.3) is 0 Å². The van der Waals surface area contributed by atoms with Crippen molar-refractivity contribution < 1.29 is 0 Å². The lowest BCUT2D eigenvalue weighted by Crippen LogP contribution is -1.99. The van der Waals surface area contributed by atoms with Gasteiger partial charge in [0.05, 0.1) is 0 Å². The highest BCUT2D eigenvalue weighted by Crippen LogP contribution is 2.22. The van der Waals surface area contributed by atoms with Gasteiger partial charge in [-0.2, -0.15) is 0 Å². The van der Waals surface area contributed by atoms with Crippen molar-refractivity contribution in [2.45, 2.75) is 78.1 Å². The molecule has 0 heteroatoms. The molecule has 0 spiro atoms. The van der Waals surface area contributed by atoms with Crippen molar-refractivity contribution in [1.82, 2.24) is 0 Å². The molecule has 0 N–H and O–H groups in total. The Balaban J connectivity index is 2.19. The van der Waals surface area contributed by atoms with Gasteiger partial charge in [-0.3, -0.25) is 0 Å². The van der Waals surface area contributed by atoms with Gasteiger partial charge in [-0.15, -0.1) is 0 Å². The number of hydrogen-bond donors (Lipinski definition) is 0. The molecule has 0 radical (unpaired) electrons. The molecule has 1 saturated carbocycles. The van der Waals surface area contributed by atoms with Crippen LogP contribution in [0.3, 0.4) is 0 Å². The molecular weight excluding hydrogens is 168 g/mol. The van der Waals surface area contributed by atoms with Crippen LogP contribution in [-0.2, 0) is 0 Å². The number of hydrogen-bond acceptors (Lipinski definition) is 0. The van der Waals surface area contributed by atoms with E-state index in [1.165, 1.54) is 64.2 Å². The summed E-state index contributed by atoms with van der Waals surface area (Å²) >= 11 is 0. The fourth-order valence-electron chi connectivity index (χ4n) is 2.61. The third kappa shape index (κ3) is 5.67. The summed E-state index contributed by atoms with van der Waals surface area (Å²) in [4.78, 5) is 0. The zero-order valence-electron chi connectivity index (χ0n) is 10.2. The first-order valence-corrected chi connectivity index (χ1v) is 6.79. The van der Waals surface area contributed by atoms with Crippen molar-refractivity contribution in [3.63, 3.8) is 0 Å². The highest BCUT2D eigenvalue weighted by Gasteiger charge is 2.06. The largest absolute Gasteiger partial charge is 0.0625 e. The summed E-state index contributed by atoms with van der Waals surface area (Å²) in [5.41, 5.74) is 0. The summed E-state index contributed by atoms with van der Waals surface area (Å²) in [5.74, 6) is 1.98. The third-order valence-electron chi connectivity index (χ3n) is 3.79. The zero-order valence-corrected chi connectivity index (χ0v) is 10.2. The molecule has 1 rings (SSSR count). The fourth-order valence-corrected chi connectivity index (χ4v) is 2.61. The van der Waals surface area contributed by atoms with Gasteiger partial charge in [0.1, 0.15) is 0 Å². The highest BCUT2D eigenvalue weighted by molar-refractivity contribution is 4.60. The van der Waals surface area contributed by atoms with Gasteiger partial charge in [0.15, 0.2) is 0 Å². The second kappa shape index (κ2) is 7.31. The van der Waals surface area contributed by atoms with Crippen molar-refractivity contribution in [1.29, 1.82) is 0 Å². The summed E-state index contributed by atoms with van der Waals surface area (Å²) < 4.78 is 0. The monoisotopic (exact) mass is 196 g/mol. The molecule has 1 fully saturated rings. The molecule has 0 bridgehead atoms. The van der Waals surface area contributed by atoms with Gasteiger partial charge in [-0.25, -0.2) is 0 Å². The smallest absolute Gasteiger partial charge is 0.0443 e. The Morgan fingerprint density at radius 3 is 1.07 bits per heavy atom. The highest BCUT2D eigenvalue weighted by atomic mass is 14.1. The molecular formula is C14H28. The van der Waals surface area contributed by atoms with E-state index < -0.39 is 0 Å². The van der Waals surface area contributed by atoms with Gasteiger partial charge in [-0.05, 0) is 11.8 Å². The predicted molar refractivity (Wildman–Crippen MR) is 64.5 cm³/mol.